The molecule has 0 fully saturated rings. The molecule has 0 heterocycles. The van der Waals surface area contributed by atoms with Crippen LogP contribution in [0.15, 0.2) is 24.3 Å². The Morgan fingerprint density at radius 2 is 1.88 bits per heavy atom. The minimum absolute atomic E-state index is 0.416. The summed E-state index contributed by atoms with van der Waals surface area (Å²) in [4.78, 5) is 22.6. The Bertz CT molecular complexity index is 384. The number of nitrogens with one attached hydrogen (secondary N) is 1. The summed E-state index contributed by atoms with van der Waals surface area (Å²) in [6.45, 7) is 2.02. The van der Waals surface area contributed by atoms with Crippen LogP contribution >= 0.6 is 0 Å². The predicted molar refractivity (Wildman–Crippen MR) is 60.6 cm³/mol. The number of carboxylic acid groups (broad SMARTS) is 1. The lowest BCUT2D eigenvalue weighted by Crippen LogP contribution is -2.41. The van der Waals surface area contributed by atoms with E-state index in [1.165, 1.54) is 7.05 Å². The highest BCUT2D eigenvalue weighted by Crippen LogP contribution is 2.08. The van der Waals surface area contributed by atoms with Crippen molar-refractivity contribution in [2.45, 2.75) is 19.4 Å². The number of carbonyl (C=O) groups is 2. The number of benzene rings is 1. The predicted octanol–water partition coefficient (Wildman–Crippen LogP) is 1.10. The SMILES string of the molecule is CCc1ccc(C(=O)C(NC)C(=O)O)cc1. The van der Waals surface area contributed by atoms with Crippen molar-refractivity contribution in [1.29, 1.82) is 0 Å². The molecule has 0 spiro atoms. The standard InChI is InChI=1S/C12H15NO3/c1-3-8-4-6-9(7-5-8)11(14)10(13-2)12(15)16/h4-7,10,13H,3H2,1-2H3,(H,15,16). The van der Waals surface area contributed by atoms with Gasteiger partial charge in [0, 0.05) is 5.56 Å². The number of hydrogen-bond acceptors (Lipinski definition) is 3. The van der Waals surface area contributed by atoms with Crippen LogP contribution in [0.5, 0.6) is 0 Å². The molecule has 2 N–H and O–H groups in total. The van der Waals surface area contributed by atoms with Crippen molar-refractivity contribution in [3.63, 3.8) is 0 Å². The summed E-state index contributed by atoms with van der Waals surface area (Å²) >= 11 is 0. The van der Waals surface area contributed by atoms with Crippen molar-refractivity contribution in [3.8, 4) is 0 Å². The van der Waals surface area contributed by atoms with Crippen LogP contribution in [0.25, 0.3) is 0 Å². The minimum Gasteiger partial charge on any atom is -0.480 e. The van der Waals surface area contributed by atoms with E-state index in [0.717, 1.165) is 12.0 Å². The minimum atomic E-state index is -1.17. The lowest BCUT2D eigenvalue weighted by Gasteiger charge is -2.10. The first-order chi connectivity index (χ1) is 7.60. The molecule has 0 bridgehead atoms. The van der Waals surface area contributed by atoms with Gasteiger partial charge in [-0.25, -0.2) is 0 Å². The van der Waals surface area contributed by atoms with Crippen LogP contribution in [0.1, 0.15) is 22.8 Å². The summed E-state index contributed by atoms with van der Waals surface area (Å²) < 4.78 is 0. The van der Waals surface area contributed by atoms with E-state index in [2.05, 4.69) is 5.32 Å². The second-order valence-corrected chi connectivity index (χ2v) is 3.47. The second kappa shape index (κ2) is 5.42. The molecule has 0 aliphatic heterocycles. The van der Waals surface area contributed by atoms with Gasteiger partial charge < -0.3 is 10.4 Å². The van der Waals surface area contributed by atoms with E-state index in [-0.39, 0.29) is 0 Å². The number of carboxylic acids is 1. The molecule has 0 aliphatic rings. The summed E-state index contributed by atoms with van der Waals surface area (Å²) in [6, 6.07) is 5.82. The zero-order valence-electron chi connectivity index (χ0n) is 9.36. The second-order valence-electron chi connectivity index (χ2n) is 3.47. The highest BCUT2D eigenvalue weighted by Gasteiger charge is 2.24. The fraction of sp³-hybridized carbons (Fsp3) is 0.333. The lowest BCUT2D eigenvalue weighted by atomic mass is 10.0. The van der Waals surface area contributed by atoms with E-state index < -0.39 is 17.8 Å². The molecule has 4 nitrogen and oxygen atoms in total. The van der Waals surface area contributed by atoms with E-state index in [1.807, 2.05) is 19.1 Å². The summed E-state index contributed by atoms with van der Waals surface area (Å²) in [7, 11) is 1.46. The van der Waals surface area contributed by atoms with E-state index in [0.29, 0.717) is 5.56 Å². The van der Waals surface area contributed by atoms with Gasteiger partial charge in [-0.15, -0.1) is 0 Å². The Labute approximate surface area is 94.3 Å². The van der Waals surface area contributed by atoms with Gasteiger partial charge in [0.15, 0.2) is 11.8 Å². The molecular weight excluding hydrogens is 206 g/mol. The molecule has 4 heteroatoms. The Morgan fingerprint density at radius 3 is 2.25 bits per heavy atom. The number of aliphatic carboxylic acids is 1. The van der Waals surface area contributed by atoms with E-state index in [4.69, 9.17) is 5.11 Å². The Hall–Kier alpha value is -1.68. The van der Waals surface area contributed by atoms with Crippen LogP contribution in [-0.2, 0) is 11.2 Å². The van der Waals surface area contributed by atoms with Gasteiger partial charge >= 0.3 is 5.97 Å². The largest absolute Gasteiger partial charge is 0.480 e. The summed E-state index contributed by atoms with van der Waals surface area (Å²) in [5.41, 5.74) is 1.53. The average Bonchev–Trinajstić information content (AvgIpc) is 2.29. The summed E-state index contributed by atoms with van der Waals surface area (Å²) in [5, 5.41) is 11.3. The van der Waals surface area contributed by atoms with Gasteiger partial charge in [0.2, 0.25) is 0 Å². The highest BCUT2D eigenvalue weighted by atomic mass is 16.4. The number of carbonyl (C=O) groups excluding carboxylic acids is 1. The quantitative estimate of drug-likeness (QED) is 0.577. The van der Waals surface area contributed by atoms with Crippen molar-refractivity contribution in [2.24, 2.45) is 0 Å². The molecule has 1 rings (SSSR count). The molecule has 0 saturated carbocycles. The van der Waals surface area contributed by atoms with Gasteiger partial charge in [0.25, 0.3) is 0 Å². The maximum absolute atomic E-state index is 11.8. The Balaban J connectivity index is 2.91. The maximum atomic E-state index is 11.8. The fourth-order valence-corrected chi connectivity index (χ4v) is 1.44. The van der Waals surface area contributed by atoms with Gasteiger partial charge in [-0.05, 0) is 19.0 Å². The van der Waals surface area contributed by atoms with E-state index >= 15 is 0 Å². The molecule has 1 unspecified atom stereocenters. The van der Waals surface area contributed by atoms with Crippen molar-refractivity contribution in [2.75, 3.05) is 7.05 Å². The number of likely N-dealkylation sites (N-methyl/N-ethyl adjacent to an activating group) is 1. The lowest BCUT2D eigenvalue weighted by molar-refractivity contribution is -0.137. The van der Waals surface area contributed by atoms with Crippen LogP contribution in [0.4, 0.5) is 0 Å². The van der Waals surface area contributed by atoms with Gasteiger partial charge in [0.1, 0.15) is 0 Å². The molecule has 1 atom stereocenters. The average molecular weight is 221 g/mol. The first-order valence-corrected chi connectivity index (χ1v) is 5.13. The third-order valence-electron chi connectivity index (χ3n) is 2.44. The van der Waals surface area contributed by atoms with Crippen molar-refractivity contribution >= 4 is 11.8 Å². The van der Waals surface area contributed by atoms with Crippen LogP contribution < -0.4 is 5.32 Å². The molecule has 0 radical (unpaired) electrons. The zero-order chi connectivity index (χ0) is 12.1. The van der Waals surface area contributed by atoms with Gasteiger partial charge in [-0.2, -0.15) is 0 Å². The smallest absolute Gasteiger partial charge is 0.328 e. The maximum Gasteiger partial charge on any atom is 0.328 e. The molecule has 1 aromatic rings. The third-order valence-corrected chi connectivity index (χ3v) is 2.44. The monoisotopic (exact) mass is 221 g/mol. The van der Waals surface area contributed by atoms with Crippen molar-refractivity contribution < 1.29 is 14.7 Å². The highest BCUT2D eigenvalue weighted by molar-refractivity contribution is 6.11. The van der Waals surface area contributed by atoms with Crippen LogP contribution in [0.3, 0.4) is 0 Å². The van der Waals surface area contributed by atoms with Gasteiger partial charge in [0.05, 0.1) is 0 Å². The topological polar surface area (TPSA) is 66.4 Å². The summed E-state index contributed by atoms with van der Waals surface area (Å²) in [5.74, 6) is -1.58. The van der Waals surface area contributed by atoms with Crippen LogP contribution in [0.2, 0.25) is 0 Å². The number of ketones is 1. The molecule has 0 aromatic heterocycles. The van der Waals surface area contributed by atoms with E-state index in [1.54, 1.807) is 12.1 Å². The van der Waals surface area contributed by atoms with Gasteiger partial charge in [-0.1, -0.05) is 31.2 Å². The molecule has 16 heavy (non-hydrogen) atoms. The Morgan fingerprint density at radius 1 is 1.31 bits per heavy atom. The fourth-order valence-electron chi connectivity index (χ4n) is 1.44. The number of rotatable bonds is 5. The first kappa shape index (κ1) is 12.4. The number of hydrogen-bond donors (Lipinski definition) is 2. The van der Waals surface area contributed by atoms with Crippen molar-refractivity contribution in [3.05, 3.63) is 35.4 Å². The third kappa shape index (κ3) is 2.67. The van der Waals surface area contributed by atoms with E-state index in [9.17, 15) is 9.59 Å². The first-order valence-electron chi connectivity index (χ1n) is 5.13. The van der Waals surface area contributed by atoms with Gasteiger partial charge in [-0.3, -0.25) is 9.59 Å². The van der Waals surface area contributed by atoms with Crippen molar-refractivity contribution in [1.82, 2.24) is 5.32 Å². The number of aryl methyl sites for hydroxylation is 1. The summed E-state index contributed by atoms with van der Waals surface area (Å²) in [6.07, 6.45) is 0.892. The Kier molecular flexibility index (Phi) is 4.19. The molecule has 86 valence electrons. The molecule has 0 aliphatic carbocycles. The zero-order valence-corrected chi connectivity index (χ0v) is 9.36. The van der Waals surface area contributed by atoms with Crippen LogP contribution in [-0.4, -0.2) is 29.9 Å². The molecular formula is C12H15NO3. The van der Waals surface area contributed by atoms with Crippen LogP contribution in [0, 0.1) is 0 Å². The number of Topliss-reactive ketones (excluding diaryl/α,β-unsaturated/α-hetero) is 1. The molecule has 0 saturated heterocycles. The molecule has 1 aromatic carbocycles. The normalized spacial score (nSPS) is 12.1. The molecule has 0 amide bonds.